The van der Waals surface area contributed by atoms with Gasteiger partial charge in [0, 0.05) is 18.5 Å². The third-order valence-electron chi connectivity index (χ3n) is 7.88. The van der Waals surface area contributed by atoms with Crippen molar-refractivity contribution in [3.8, 4) is 0 Å². The summed E-state index contributed by atoms with van der Waals surface area (Å²) in [6, 6.07) is 16.3. The van der Waals surface area contributed by atoms with Crippen LogP contribution in [0.2, 0.25) is 0 Å². The Kier molecular flexibility index (Phi) is 6.80. The lowest BCUT2D eigenvalue weighted by atomic mass is 9.87. The van der Waals surface area contributed by atoms with E-state index in [1.54, 1.807) is 24.3 Å². The van der Waals surface area contributed by atoms with Crippen LogP contribution < -0.4 is 0 Å². The second-order valence-corrected chi connectivity index (χ2v) is 10.1. The molecule has 3 aliphatic rings. The zero-order chi connectivity index (χ0) is 23.5. The molecule has 178 valence electrons. The Morgan fingerprint density at radius 1 is 0.735 bits per heavy atom. The highest BCUT2D eigenvalue weighted by Gasteiger charge is 2.46. The molecular weight excluding hydrogens is 424 g/mol. The largest absolute Gasteiger partial charge is 0.335 e. The van der Waals surface area contributed by atoms with Crippen LogP contribution in [0.4, 0.5) is 0 Å². The van der Waals surface area contributed by atoms with E-state index < -0.39 is 6.04 Å². The molecule has 1 atom stereocenters. The summed E-state index contributed by atoms with van der Waals surface area (Å²) in [7, 11) is 0. The first kappa shape index (κ1) is 22.8. The number of fused-ring (bicyclic) bond motifs is 1. The van der Waals surface area contributed by atoms with Gasteiger partial charge < -0.3 is 4.90 Å². The Morgan fingerprint density at radius 3 is 1.71 bits per heavy atom. The minimum atomic E-state index is -0.821. The molecule has 2 aromatic rings. The lowest BCUT2D eigenvalue weighted by Crippen LogP contribution is -2.58. The number of carbonyl (C=O) groups excluding carboxylic acids is 3. The normalized spacial score (nSPS) is 20.3. The van der Waals surface area contributed by atoms with Gasteiger partial charge in [-0.1, -0.05) is 81.0 Å². The minimum Gasteiger partial charge on any atom is -0.335 e. The van der Waals surface area contributed by atoms with Crippen molar-refractivity contribution in [2.75, 3.05) is 0 Å². The third-order valence-corrected chi connectivity index (χ3v) is 7.88. The molecule has 1 aliphatic heterocycles. The van der Waals surface area contributed by atoms with E-state index in [-0.39, 0.29) is 29.8 Å². The quantitative estimate of drug-likeness (QED) is 0.546. The zero-order valence-electron chi connectivity index (χ0n) is 19.8. The minimum absolute atomic E-state index is 0.0443. The highest BCUT2D eigenvalue weighted by Crippen LogP contribution is 2.33. The predicted octanol–water partition coefficient (Wildman–Crippen LogP) is 5.39. The summed E-state index contributed by atoms with van der Waals surface area (Å²) in [5, 5.41) is 0. The summed E-state index contributed by atoms with van der Waals surface area (Å²) >= 11 is 0. The van der Waals surface area contributed by atoms with Crippen molar-refractivity contribution < 1.29 is 14.4 Å². The van der Waals surface area contributed by atoms with Gasteiger partial charge in [0.25, 0.3) is 11.8 Å². The van der Waals surface area contributed by atoms with Crippen LogP contribution in [0, 0.1) is 0 Å². The van der Waals surface area contributed by atoms with Crippen LogP contribution in [0.5, 0.6) is 0 Å². The Balaban J connectivity index is 1.52. The van der Waals surface area contributed by atoms with Crippen LogP contribution in [0.25, 0.3) is 0 Å². The molecule has 5 nitrogen and oxygen atoms in total. The molecule has 0 N–H and O–H groups in total. The molecule has 3 amide bonds. The van der Waals surface area contributed by atoms with Crippen molar-refractivity contribution in [3.05, 3.63) is 71.3 Å². The Hall–Kier alpha value is -2.95. The number of imide groups is 1. The monoisotopic (exact) mass is 458 g/mol. The summed E-state index contributed by atoms with van der Waals surface area (Å²) in [6.07, 6.45) is 11.4. The number of amides is 3. The molecule has 5 heteroatoms. The lowest BCUT2D eigenvalue weighted by molar-refractivity contribution is -0.142. The molecule has 5 rings (SSSR count). The van der Waals surface area contributed by atoms with Gasteiger partial charge in [-0.3, -0.25) is 19.3 Å². The molecule has 0 bridgehead atoms. The summed E-state index contributed by atoms with van der Waals surface area (Å²) < 4.78 is 0. The van der Waals surface area contributed by atoms with Crippen molar-refractivity contribution in [1.82, 2.24) is 9.80 Å². The first-order valence-electron chi connectivity index (χ1n) is 13.0. The SMILES string of the molecule is O=C1c2ccccc2C(=O)N1C(Cc1ccccc1)C(=O)N(C1CCCCC1)C1CCCCC1. The summed E-state index contributed by atoms with van der Waals surface area (Å²) in [5.41, 5.74) is 1.77. The molecule has 1 unspecified atom stereocenters. The van der Waals surface area contributed by atoms with E-state index in [1.165, 1.54) is 17.7 Å². The maximum absolute atomic E-state index is 14.5. The first-order valence-corrected chi connectivity index (χ1v) is 13.0. The van der Waals surface area contributed by atoms with Gasteiger partial charge in [0.1, 0.15) is 6.04 Å². The van der Waals surface area contributed by atoms with Crippen LogP contribution in [0.3, 0.4) is 0 Å². The fourth-order valence-corrected chi connectivity index (χ4v) is 6.17. The standard InChI is InChI=1S/C29H34N2O3/c32-27-24-18-10-11-19-25(24)28(33)31(27)26(20-21-12-4-1-5-13-21)29(34)30(22-14-6-2-7-15-22)23-16-8-3-9-17-23/h1,4-5,10-13,18-19,22-23,26H,2-3,6-9,14-17,20H2. The second kappa shape index (κ2) is 10.1. The maximum Gasteiger partial charge on any atom is 0.262 e. The molecule has 0 radical (unpaired) electrons. The van der Waals surface area contributed by atoms with E-state index in [2.05, 4.69) is 4.90 Å². The van der Waals surface area contributed by atoms with E-state index >= 15 is 0 Å². The van der Waals surface area contributed by atoms with Gasteiger partial charge in [0.05, 0.1) is 11.1 Å². The number of nitrogens with zero attached hydrogens (tertiary/aromatic N) is 2. The Bertz CT molecular complexity index is 985. The van der Waals surface area contributed by atoms with Gasteiger partial charge >= 0.3 is 0 Å². The highest BCUT2D eigenvalue weighted by molar-refractivity contribution is 6.22. The van der Waals surface area contributed by atoms with Gasteiger partial charge in [0.2, 0.25) is 5.91 Å². The van der Waals surface area contributed by atoms with Gasteiger partial charge in [-0.25, -0.2) is 0 Å². The molecule has 2 aromatic carbocycles. The fraction of sp³-hybridized carbons (Fsp3) is 0.483. The van der Waals surface area contributed by atoms with Crippen LogP contribution in [0.15, 0.2) is 54.6 Å². The van der Waals surface area contributed by atoms with Crippen LogP contribution in [-0.4, -0.2) is 45.6 Å². The topological polar surface area (TPSA) is 57.7 Å². The van der Waals surface area contributed by atoms with Crippen LogP contribution in [0.1, 0.15) is 90.5 Å². The molecule has 0 spiro atoms. The third kappa shape index (κ3) is 4.40. The molecule has 2 fully saturated rings. The van der Waals surface area contributed by atoms with Gasteiger partial charge in [-0.05, 0) is 43.4 Å². The summed E-state index contributed by atoms with van der Waals surface area (Å²) in [6.45, 7) is 0. The number of benzene rings is 2. The van der Waals surface area contributed by atoms with Crippen LogP contribution >= 0.6 is 0 Å². The zero-order valence-corrected chi connectivity index (χ0v) is 19.8. The molecule has 0 aromatic heterocycles. The van der Waals surface area contributed by atoms with Crippen molar-refractivity contribution in [3.63, 3.8) is 0 Å². The Morgan fingerprint density at radius 2 is 1.21 bits per heavy atom. The van der Waals surface area contributed by atoms with Crippen molar-refractivity contribution in [1.29, 1.82) is 0 Å². The molecule has 0 saturated heterocycles. The number of carbonyl (C=O) groups is 3. The van der Waals surface area contributed by atoms with Crippen LogP contribution in [-0.2, 0) is 11.2 Å². The van der Waals surface area contributed by atoms with E-state index in [0.29, 0.717) is 17.5 Å². The van der Waals surface area contributed by atoms with E-state index in [0.717, 1.165) is 56.9 Å². The van der Waals surface area contributed by atoms with E-state index in [4.69, 9.17) is 0 Å². The van der Waals surface area contributed by atoms with Gasteiger partial charge in [0.15, 0.2) is 0 Å². The van der Waals surface area contributed by atoms with E-state index in [9.17, 15) is 14.4 Å². The number of hydrogen-bond acceptors (Lipinski definition) is 3. The predicted molar refractivity (Wildman–Crippen MR) is 131 cm³/mol. The second-order valence-electron chi connectivity index (χ2n) is 10.1. The van der Waals surface area contributed by atoms with Gasteiger partial charge in [-0.2, -0.15) is 0 Å². The molecular formula is C29H34N2O3. The van der Waals surface area contributed by atoms with Gasteiger partial charge in [-0.15, -0.1) is 0 Å². The fourth-order valence-electron chi connectivity index (χ4n) is 6.17. The summed E-state index contributed by atoms with van der Waals surface area (Å²) in [5.74, 6) is -0.735. The average Bonchev–Trinajstić information content (AvgIpc) is 3.14. The lowest BCUT2D eigenvalue weighted by Gasteiger charge is -2.44. The molecule has 2 aliphatic carbocycles. The molecule has 1 heterocycles. The van der Waals surface area contributed by atoms with Crippen molar-refractivity contribution in [2.45, 2.75) is 88.8 Å². The molecule has 34 heavy (non-hydrogen) atoms. The highest BCUT2D eigenvalue weighted by atomic mass is 16.2. The van der Waals surface area contributed by atoms with E-state index in [1.807, 2.05) is 30.3 Å². The molecule has 2 saturated carbocycles. The average molecular weight is 459 g/mol. The van der Waals surface area contributed by atoms with Crippen molar-refractivity contribution >= 4 is 17.7 Å². The first-order chi connectivity index (χ1) is 16.6. The Labute approximate surface area is 202 Å². The maximum atomic E-state index is 14.5. The summed E-state index contributed by atoms with van der Waals surface area (Å²) in [4.78, 5) is 44.8. The van der Waals surface area contributed by atoms with Crippen molar-refractivity contribution in [2.24, 2.45) is 0 Å². The smallest absolute Gasteiger partial charge is 0.262 e. The number of rotatable bonds is 6. The number of hydrogen-bond donors (Lipinski definition) is 0.